The van der Waals surface area contributed by atoms with Crippen LogP contribution >= 0.6 is 23.4 Å². The second-order valence-electron chi connectivity index (χ2n) is 3.59. The van der Waals surface area contributed by atoms with Crippen molar-refractivity contribution in [3.63, 3.8) is 0 Å². The normalized spacial score (nSPS) is 13.2. The molecule has 2 heterocycles. The van der Waals surface area contributed by atoms with Crippen LogP contribution in [0.15, 0.2) is 17.6 Å². The van der Waals surface area contributed by atoms with Gasteiger partial charge in [-0.25, -0.2) is 9.97 Å². The average molecular weight is 257 g/mol. The Morgan fingerprint density at radius 2 is 2.31 bits per heavy atom. The van der Waals surface area contributed by atoms with E-state index < -0.39 is 0 Å². The quantitative estimate of drug-likeness (QED) is 0.479. The van der Waals surface area contributed by atoms with E-state index in [2.05, 4.69) is 22.0 Å². The van der Waals surface area contributed by atoms with Crippen LogP contribution in [0.4, 0.5) is 0 Å². The van der Waals surface area contributed by atoms with Crippen LogP contribution < -0.4 is 0 Å². The van der Waals surface area contributed by atoms with E-state index in [4.69, 9.17) is 11.6 Å². The SMILES string of the molecule is CC(CCCl)Sc1ncnc2c1cnn2C. The summed E-state index contributed by atoms with van der Waals surface area (Å²) < 4.78 is 1.76. The zero-order valence-corrected chi connectivity index (χ0v) is 10.8. The third kappa shape index (κ3) is 2.30. The van der Waals surface area contributed by atoms with Crippen molar-refractivity contribution < 1.29 is 0 Å². The van der Waals surface area contributed by atoms with Crippen LogP contribution in [0.1, 0.15) is 13.3 Å². The molecular weight excluding hydrogens is 244 g/mol. The van der Waals surface area contributed by atoms with Gasteiger partial charge in [0.25, 0.3) is 0 Å². The molecule has 1 unspecified atom stereocenters. The fraction of sp³-hybridized carbons (Fsp3) is 0.500. The molecule has 0 N–H and O–H groups in total. The summed E-state index contributed by atoms with van der Waals surface area (Å²) in [6.45, 7) is 2.15. The molecule has 6 heteroatoms. The van der Waals surface area contributed by atoms with E-state index in [1.807, 2.05) is 13.2 Å². The fourth-order valence-electron chi connectivity index (χ4n) is 1.44. The number of nitrogens with zero attached hydrogens (tertiary/aromatic N) is 4. The third-order valence-electron chi connectivity index (χ3n) is 2.32. The lowest BCUT2D eigenvalue weighted by molar-refractivity contribution is 0.784. The molecule has 0 radical (unpaired) electrons. The molecule has 4 nitrogen and oxygen atoms in total. The second-order valence-corrected chi connectivity index (χ2v) is 5.40. The van der Waals surface area contributed by atoms with E-state index in [-0.39, 0.29) is 0 Å². The average Bonchev–Trinajstić information content (AvgIpc) is 2.62. The molecule has 0 fully saturated rings. The van der Waals surface area contributed by atoms with Gasteiger partial charge in [0.05, 0.1) is 11.6 Å². The number of alkyl halides is 1. The van der Waals surface area contributed by atoms with Crippen molar-refractivity contribution in [2.45, 2.75) is 23.6 Å². The Morgan fingerprint density at radius 3 is 3.06 bits per heavy atom. The van der Waals surface area contributed by atoms with Crippen molar-refractivity contribution in [2.24, 2.45) is 7.05 Å². The molecule has 0 aliphatic rings. The minimum absolute atomic E-state index is 0.454. The second kappa shape index (κ2) is 5.01. The van der Waals surface area contributed by atoms with Crippen LogP contribution in [-0.2, 0) is 7.05 Å². The maximum absolute atomic E-state index is 5.72. The van der Waals surface area contributed by atoms with Gasteiger partial charge in [0.1, 0.15) is 11.4 Å². The van der Waals surface area contributed by atoms with E-state index in [1.54, 1.807) is 22.8 Å². The van der Waals surface area contributed by atoms with Crippen molar-refractivity contribution in [3.8, 4) is 0 Å². The van der Waals surface area contributed by atoms with Gasteiger partial charge in [-0.1, -0.05) is 6.92 Å². The summed E-state index contributed by atoms with van der Waals surface area (Å²) in [5.74, 6) is 0.676. The van der Waals surface area contributed by atoms with Crippen LogP contribution in [0.25, 0.3) is 11.0 Å². The van der Waals surface area contributed by atoms with Crippen molar-refractivity contribution in [1.82, 2.24) is 19.7 Å². The first-order valence-electron chi connectivity index (χ1n) is 5.07. The van der Waals surface area contributed by atoms with E-state index in [0.717, 1.165) is 22.5 Å². The molecule has 0 aromatic carbocycles. The summed E-state index contributed by atoms with van der Waals surface area (Å²) in [6, 6.07) is 0. The molecule has 0 spiro atoms. The predicted molar refractivity (Wildman–Crippen MR) is 67.0 cm³/mol. The molecule has 86 valence electrons. The largest absolute Gasteiger partial charge is 0.250 e. The van der Waals surface area contributed by atoms with E-state index in [9.17, 15) is 0 Å². The highest BCUT2D eigenvalue weighted by atomic mass is 35.5. The number of rotatable bonds is 4. The van der Waals surface area contributed by atoms with Gasteiger partial charge in [-0.15, -0.1) is 23.4 Å². The highest BCUT2D eigenvalue weighted by molar-refractivity contribution is 8.00. The molecule has 2 aromatic heterocycles. The first kappa shape index (κ1) is 11.7. The highest BCUT2D eigenvalue weighted by Crippen LogP contribution is 2.28. The number of fused-ring (bicyclic) bond motifs is 1. The first-order chi connectivity index (χ1) is 7.72. The Kier molecular flexibility index (Phi) is 3.66. The van der Waals surface area contributed by atoms with Gasteiger partial charge in [0.15, 0.2) is 5.65 Å². The Hall–Kier alpha value is -0.810. The van der Waals surface area contributed by atoms with Crippen molar-refractivity contribution in [3.05, 3.63) is 12.5 Å². The first-order valence-corrected chi connectivity index (χ1v) is 6.49. The fourth-order valence-corrected chi connectivity index (χ4v) is 2.89. The lowest BCUT2D eigenvalue weighted by Gasteiger charge is -2.08. The number of halogens is 1. The molecule has 0 amide bonds. The monoisotopic (exact) mass is 256 g/mol. The number of hydrogen-bond donors (Lipinski definition) is 0. The van der Waals surface area contributed by atoms with Gasteiger partial charge in [0.2, 0.25) is 0 Å². The summed E-state index contributed by atoms with van der Waals surface area (Å²) in [5.41, 5.74) is 0.871. The van der Waals surface area contributed by atoms with Crippen molar-refractivity contribution in [2.75, 3.05) is 5.88 Å². The van der Waals surface area contributed by atoms with Crippen LogP contribution in [0.3, 0.4) is 0 Å². The zero-order chi connectivity index (χ0) is 11.5. The van der Waals surface area contributed by atoms with Gasteiger partial charge in [-0.3, -0.25) is 4.68 Å². The molecule has 0 saturated carbocycles. The molecule has 16 heavy (non-hydrogen) atoms. The minimum Gasteiger partial charge on any atom is -0.250 e. The number of aromatic nitrogens is 4. The van der Waals surface area contributed by atoms with E-state index in [0.29, 0.717) is 11.1 Å². The molecule has 0 bridgehead atoms. The Bertz CT molecular complexity index is 485. The molecular formula is C10H13ClN4S. The summed E-state index contributed by atoms with van der Waals surface area (Å²) in [6.07, 6.45) is 4.36. The summed E-state index contributed by atoms with van der Waals surface area (Å²) in [7, 11) is 1.88. The molecule has 1 atom stereocenters. The van der Waals surface area contributed by atoms with E-state index in [1.165, 1.54) is 0 Å². The third-order valence-corrected chi connectivity index (χ3v) is 3.73. The van der Waals surface area contributed by atoms with Gasteiger partial charge < -0.3 is 0 Å². The lowest BCUT2D eigenvalue weighted by Crippen LogP contribution is -1.98. The molecule has 0 aliphatic heterocycles. The highest BCUT2D eigenvalue weighted by Gasteiger charge is 2.11. The zero-order valence-electron chi connectivity index (χ0n) is 9.22. The van der Waals surface area contributed by atoms with Crippen molar-refractivity contribution in [1.29, 1.82) is 0 Å². The minimum atomic E-state index is 0.454. The predicted octanol–water partition coefficient (Wildman–Crippen LogP) is 2.47. The van der Waals surface area contributed by atoms with Gasteiger partial charge in [-0.05, 0) is 6.42 Å². The number of thioether (sulfide) groups is 1. The van der Waals surface area contributed by atoms with Gasteiger partial charge >= 0.3 is 0 Å². The molecule has 0 aliphatic carbocycles. The topological polar surface area (TPSA) is 43.6 Å². The number of hydrogen-bond acceptors (Lipinski definition) is 4. The van der Waals surface area contributed by atoms with E-state index >= 15 is 0 Å². The van der Waals surface area contributed by atoms with Gasteiger partial charge in [0, 0.05) is 18.2 Å². The summed E-state index contributed by atoms with van der Waals surface area (Å²) >= 11 is 7.44. The van der Waals surface area contributed by atoms with Crippen molar-refractivity contribution >= 4 is 34.4 Å². The number of aryl methyl sites for hydroxylation is 1. The maximum Gasteiger partial charge on any atom is 0.162 e. The molecule has 0 saturated heterocycles. The van der Waals surface area contributed by atoms with Crippen LogP contribution in [0, 0.1) is 0 Å². The Labute approximate surface area is 103 Å². The standard InChI is InChI=1S/C10H13ClN4S/c1-7(3-4-11)16-10-8-5-14-15(2)9(8)12-6-13-10/h5-7H,3-4H2,1-2H3. The Balaban J connectivity index is 2.30. The van der Waals surface area contributed by atoms with Crippen LogP contribution in [0.5, 0.6) is 0 Å². The Morgan fingerprint density at radius 1 is 1.50 bits per heavy atom. The molecule has 2 rings (SSSR count). The summed E-state index contributed by atoms with van der Waals surface area (Å²) in [4.78, 5) is 8.50. The van der Waals surface area contributed by atoms with Crippen LogP contribution in [-0.4, -0.2) is 30.9 Å². The maximum atomic E-state index is 5.72. The molecule has 2 aromatic rings. The van der Waals surface area contributed by atoms with Gasteiger partial charge in [-0.2, -0.15) is 5.10 Å². The summed E-state index contributed by atoms with van der Waals surface area (Å²) in [5, 5.41) is 6.63. The lowest BCUT2D eigenvalue weighted by atomic mass is 10.4. The van der Waals surface area contributed by atoms with Crippen LogP contribution in [0.2, 0.25) is 0 Å². The smallest absolute Gasteiger partial charge is 0.162 e.